The van der Waals surface area contributed by atoms with E-state index in [1.54, 1.807) is 13.0 Å². The number of rotatable bonds is 6. The number of benzene rings is 2. The molecule has 0 saturated carbocycles. The Morgan fingerprint density at radius 1 is 1.12 bits per heavy atom. The molecule has 0 unspecified atom stereocenters. The minimum Gasteiger partial charge on any atom is -0.348 e. The first-order chi connectivity index (χ1) is 11.7. The molecule has 0 heterocycles. The summed E-state index contributed by atoms with van der Waals surface area (Å²) in [4.78, 5) is 14.5. The lowest BCUT2D eigenvalue weighted by atomic mass is 10.1. The molecule has 0 bridgehead atoms. The van der Waals surface area contributed by atoms with E-state index in [1.165, 1.54) is 12.1 Å². The highest BCUT2D eigenvalue weighted by atomic mass is 32.2. The fourth-order valence-electron chi connectivity index (χ4n) is 2.52. The zero-order valence-corrected chi connectivity index (χ0v) is 15.4. The van der Waals surface area contributed by atoms with E-state index in [0.717, 1.165) is 17.7 Å². The van der Waals surface area contributed by atoms with Gasteiger partial charge < -0.3 is 10.2 Å². The maximum absolute atomic E-state index is 12.5. The molecule has 25 heavy (non-hydrogen) atoms. The Balaban J connectivity index is 2.19. The lowest BCUT2D eigenvalue weighted by Crippen LogP contribution is -2.25. The SMILES string of the molecule is Cc1ccc(S(N)(=O)=O)cc1C(=O)NCc1ccccc1CN(C)C. The van der Waals surface area contributed by atoms with Gasteiger partial charge in [-0.3, -0.25) is 4.79 Å². The zero-order valence-electron chi connectivity index (χ0n) is 14.6. The van der Waals surface area contributed by atoms with Crippen LogP contribution in [0.1, 0.15) is 27.0 Å². The summed E-state index contributed by atoms with van der Waals surface area (Å²) in [5.74, 6) is -0.331. The van der Waals surface area contributed by atoms with Crippen molar-refractivity contribution < 1.29 is 13.2 Å². The van der Waals surface area contributed by atoms with Gasteiger partial charge in [0, 0.05) is 18.7 Å². The molecule has 2 rings (SSSR count). The molecule has 0 aliphatic carbocycles. The van der Waals surface area contributed by atoms with Crippen molar-refractivity contribution in [3.05, 3.63) is 64.7 Å². The van der Waals surface area contributed by atoms with Crippen LogP contribution in [0.3, 0.4) is 0 Å². The number of carbonyl (C=O) groups excluding carboxylic acids is 1. The van der Waals surface area contributed by atoms with Crippen LogP contribution in [0.25, 0.3) is 0 Å². The first-order valence-electron chi connectivity index (χ1n) is 7.81. The van der Waals surface area contributed by atoms with Gasteiger partial charge in [0.05, 0.1) is 4.90 Å². The fourth-order valence-corrected chi connectivity index (χ4v) is 3.06. The Bertz CT molecular complexity index is 877. The van der Waals surface area contributed by atoms with Gasteiger partial charge in [0.2, 0.25) is 10.0 Å². The maximum atomic E-state index is 12.5. The standard InChI is InChI=1S/C18H23N3O3S/c1-13-8-9-16(25(19,23)24)10-17(13)18(22)20-11-14-6-4-5-7-15(14)12-21(2)3/h4-10H,11-12H2,1-3H3,(H,20,22)(H2,19,23,24). The van der Waals surface area contributed by atoms with Crippen LogP contribution in [0.15, 0.2) is 47.4 Å². The molecular weight excluding hydrogens is 338 g/mol. The highest BCUT2D eigenvalue weighted by Crippen LogP contribution is 2.15. The maximum Gasteiger partial charge on any atom is 0.251 e. The molecule has 0 saturated heterocycles. The van der Waals surface area contributed by atoms with Crippen LogP contribution in [-0.4, -0.2) is 33.3 Å². The predicted molar refractivity (Wildman–Crippen MR) is 97.6 cm³/mol. The number of primary sulfonamides is 1. The number of hydrogen-bond acceptors (Lipinski definition) is 4. The van der Waals surface area contributed by atoms with E-state index in [9.17, 15) is 13.2 Å². The molecule has 6 nitrogen and oxygen atoms in total. The number of nitrogens with two attached hydrogens (primary N) is 1. The summed E-state index contributed by atoms with van der Waals surface area (Å²) in [5.41, 5.74) is 3.13. The molecule has 0 fully saturated rings. The van der Waals surface area contributed by atoms with Crippen molar-refractivity contribution in [2.75, 3.05) is 14.1 Å². The minimum absolute atomic E-state index is 0.0729. The second kappa shape index (κ2) is 7.77. The molecule has 7 heteroatoms. The largest absolute Gasteiger partial charge is 0.348 e. The lowest BCUT2D eigenvalue weighted by molar-refractivity contribution is 0.0950. The van der Waals surface area contributed by atoms with Crippen molar-refractivity contribution in [1.82, 2.24) is 10.2 Å². The molecule has 3 N–H and O–H groups in total. The third kappa shape index (κ3) is 5.12. The number of amides is 1. The summed E-state index contributed by atoms with van der Waals surface area (Å²) in [6, 6.07) is 12.2. The highest BCUT2D eigenvalue weighted by Gasteiger charge is 2.15. The second-order valence-corrected chi connectivity index (χ2v) is 7.77. The van der Waals surface area contributed by atoms with Crippen LogP contribution in [0.4, 0.5) is 0 Å². The summed E-state index contributed by atoms with van der Waals surface area (Å²) in [6.45, 7) is 2.88. The average Bonchev–Trinajstić information content (AvgIpc) is 2.52. The van der Waals surface area contributed by atoms with Crippen molar-refractivity contribution >= 4 is 15.9 Å². The number of sulfonamides is 1. The molecule has 0 spiro atoms. The second-order valence-electron chi connectivity index (χ2n) is 6.21. The average molecular weight is 361 g/mol. The summed E-state index contributed by atoms with van der Waals surface area (Å²) in [5, 5.41) is 8.00. The van der Waals surface area contributed by atoms with E-state index in [0.29, 0.717) is 17.7 Å². The normalized spacial score (nSPS) is 11.6. The van der Waals surface area contributed by atoms with Crippen LogP contribution in [-0.2, 0) is 23.1 Å². The molecule has 2 aromatic carbocycles. The third-order valence-corrected chi connectivity index (χ3v) is 4.74. The van der Waals surface area contributed by atoms with Gasteiger partial charge in [-0.05, 0) is 49.8 Å². The number of nitrogens with one attached hydrogen (secondary N) is 1. The van der Waals surface area contributed by atoms with Crippen LogP contribution in [0.5, 0.6) is 0 Å². The molecule has 1 amide bonds. The summed E-state index contributed by atoms with van der Waals surface area (Å²) in [6.07, 6.45) is 0. The minimum atomic E-state index is -3.85. The molecular formula is C18H23N3O3S. The quantitative estimate of drug-likeness (QED) is 0.818. The van der Waals surface area contributed by atoms with E-state index in [2.05, 4.69) is 10.2 Å². The number of hydrogen-bond donors (Lipinski definition) is 2. The van der Waals surface area contributed by atoms with Crippen molar-refractivity contribution in [2.24, 2.45) is 5.14 Å². The molecule has 134 valence electrons. The van der Waals surface area contributed by atoms with E-state index in [4.69, 9.17) is 5.14 Å². The van der Waals surface area contributed by atoms with Gasteiger partial charge in [-0.15, -0.1) is 0 Å². The third-order valence-electron chi connectivity index (χ3n) is 3.83. The van der Waals surface area contributed by atoms with Gasteiger partial charge in [0.15, 0.2) is 0 Å². The molecule has 0 aliphatic heterocycles. The molecule has 2 aromatic rings. The highest BCUT2D eigenvalue weighted by molar-refractivity contribution is 7.89. The Hall–Kier alpha value is -2.22. The smallest absolute Gasteiger partial charge is 0.251 e. The molecule has 0 aliphatic rings. The Kier molecular flexibility index (Phi) is 5.94. The molecule has 0 atom stereocenters. The molecule has 0 radical (unpaired) electrons. The van der Waals surface area contributed by atoms with E-state index < -0.39 is 10.0 Å². The van der Waals surface area contributed by atoms with Crippen molar-refractivity contribution in [1.29, 1.82) is 0 Å². The van der Waals surface area contributed by atoms with Crippen molar-refractivity contribution in [3.63, 3.8) is 0 Å². The fraction of sp³-hybridized carbons (Fsp3) is 0.278. The Morgan fingerprint density at radius 3 is 2.36 bits per heavy atom. The van der Waals surface area contributed by atoms with Crippen LogP contribution < -0.4 is 10.5 Å². The topological polar surface area (TPSA) is 92.5 Å². The number of carbonyl (C=O) groups is 1. The summed E-state index contributed by atoms with van der Waals surface area (Å²) < 4.78 is 23.0. The zero-order chi connectivity index (χ0) is 18.6. The van der Waals surface area contributed by atoms with Gasteiger partial charge in [0.1, 0.15) is 0 Å². The lowest BCUT2D eigenvalue weighted by Gasteiger charge is -2.15. The van der Waals surface area contributed by atoms with Crippen LogP contribution in [0.2, 0.25) is 0 Å². The Labute approximate surface area is 148 Å². The van der Waals surface area contributed by atoms with E-state index in [1.807, 2.05) is 38.4 Å². The van der Waals surface area contributed by atoms with Gasteiger partial charge in [-0.2, -0.15) is 0 Å². The van der Waals surface area contributed by atoms with Gasteiger partial charge >= 0.3 is 0 Å². The predicted octanol–water partition coefficient (Wildman–Crippen LogP) is 1.63. The van der Waals surface area contributed by atoms with Crippen molar-refractivity contribution in [2.45, 2.75) is 24.9 Å². The van der Waals surface area contributed by atoms with E-state index in [-0.39, 0.29) is 10.8 Å². The van der Waals surface area contributed by atoms with Crippen LogP contribution in [0, 0.1) is 6.92 Å². The van der Waals surface area contributed by atoms with Crippen molar-refractivity contribution in [3.8, 4) is 0 Å². The first-order valence-corrected chi connectivity index (χ1v) is 9.36. The monoisotopic (exact) mass is 361 g/mol. The number of nitrogens with zero attached hydrogens (tertiary/aromatic N) is 1. The Morgan fingerprint density at radius 2 is 1.76 bits per heavy atom. The van der Waals surface area contributed by atoms with Crippen LogP contribution >= 0.6 is 0 Å². The van der Waals surface area contributed by atoms with Gasteiger partial charge in [0.25, 0.3) is 5.91 Å². The first kappa shape index (κ1) is 19.1. The summed E-state index contributed by atoms with van der Waals surface area (Å²) >= 11 is 0. The van der Waals surface area contributed by atoms with Gasteiger partial charge in [-0.1, -0.05) is 30.3 Å². The number of aryl methyl sites for hydroxylation is 1. The van der Waals surface area contributed by atoms with E-state index >= 15 is 0 Å². The summed E-state index contributed by atoms with van der Waals surface area (Å²) in [7, 11) is 0.119. The van der Waals surface area contributed by atoms with Gasteiger partial charge in [-0.25, -0.2) is 13.6 Å². The molecule has 0 aromatic heterocycles.